The minimum absolute atomic E-state index is 0.00495. The van der Waals surface area contributed by atoms with Crippen LogP contribution < -0.4 is 0 Å². The Bertz CT molecular complexity index is 337. The number of benzene rings is 1. The van der Waals surface area contributed by atoms with Gasteiger partial charge in [-0.25, -0.2) is 0 Å². The van der Waals surface area contributed by atoms with Crippen molar-refractivity contribution in [3.63, 3.8) is 0 Å². The van der Waals surface area contributed by atoms with E-state index in [9.17, 15) is 5.11 Å². The van der Waals surface area contributed by atoms with Gasteiger partial charge in [0.2, 0.25) is 0 Å². The van der Waals surface area contributed by atoms with Gasteiger partial charge < -0.3 is 5.11 Å². The minimum atomic E-state index is 0.00495. The molecule has 0 aromatic heterocycles. The predicted octanol–water partition coefficient (Wildman–Crippen LogP) is 3.13. The molecule has 0 aliphatic heterocycles. The summed E-state index contributed by atoms with van der Waals surface area (Å²) in [6.45, 7) is 4.50. The summed E-state index contributed by atoms with van der Waals surface area (Å²) in [5, 5.41) is 9.30. The molecule has 1 heteroatoms. The van der Waals surface area contributed by atoms with Gasteiger partial charge in [0.15, 0.2) is 0 Å². The van der Waals surface area contributed by atoms with E-state index in [-0.39, 0.29) is 12.0 Å². The maximum Gasteiger partial charge on any atom is 0.0485 e. The second-order valence-electron chi connectivity index (χ2n) is 5.47. The molecule has 1 fully saturated rings. The minimum Gasteiger partial charge on any atom is -0.396 e. The zero-order valence-corrected chi connectivity index (χ0v) is 9.66. The molecule has 0 saturated heterocycles. The molecule has 82 valence electrons. The highest BCUT2D eigenvalue weighted by atomic mass is 16.3. The van der Waals surface area contributed by atoms with Gasteiger partial charge in [-0.2, -0.15) is 0 Å². The van der Waals surface area contributed by atoms with Crippen LogP contribution in [0.1, 0.15) is 43.7 Å². The summed E-state index contributed by atoms with van der Waals surface area (Å²) >= 11 is 0. The maximum atomic E-state index is 9.30. The third kappa shape index (κ3) is 2.60. The molecule has 0 heterocycles. The fraction of sp³-hybridized carbons (Fsp3) is 0.571. The van der Waals surface area contributed by atoms with Crippen LogP contribution in [-0.4, -0.2) is 11.7 Å². The van der Waals surface area contributed by atoms with Gasteiger partial charge in [0.25, 0.3) is 0 Å². The van der Waals surface area contributed by atoms with Gasteiger partial charge in [-0.15, -0.1) is 0 Å². The van der Waals surface area contributed by atoms with Gasteiger partial charge in [-0.3, -0.25) is 0 Å². The Morgan fingerprint density at radius 3 is 2.53 bits per heavy atom. The fourth-order valence-corrected chi connectivity index (χ4v) is 2.06. The molecule has 1 saturated carbocycles. The summed E-state index contributed by atoms with van der Waals surface area (Å²) in [6, 6.07) is 8.70. The lowest BCUT2D eigenvalue weighted by molar-refractivity contribution is 0.159. The molecule has 0 unspecified atom stereocenters. The maximum absolute atomic E-state index is 9.30. The zero-order valence-electron chi connectivity index (χ0n) is 9.66. The molecule has 2 rings (SSSR count). The first-order chi connectivity index (χ1) is 7.12. The van der Waals surface area contributed by atoms with Crippen LogP contribution in [0.2, 0.25) is 0 Å². The standard InChI is InChI=1S/C14H20O/c1-14(2,10-15)9-12-5-3-4-6-13(12)11-7-8-11/h3-6,11,15H,7-10H2,1-2H3. The molecule has 1 nitrogen and oxygen atoms in total. The van der Waals surface area contributed by atoms with Crippen molar-refractivity contribution < 1.29 is 5.11 Å². The van der Waals surface area contributed by atoms with Crippen molar-refractivity contribution in [1.82, 2.24) is 0 Å². The van der Waals surface area contributed by atoms with E-state index in [0.717, 1.165) is 12.3 Å². The quantitative estimate of drug-likeness (QED) is 0.799. The van der Waals surface area contributed by atoms with Gasteiger partial charge in [-0.05, 0) is 41.7 Å². The fourth-order valence-electron chi connectivity index (χ4n) is 2.06. The van der Waals surface area contributed by atoms with E-state index in [2.05, 4.69) is 38.1 Å². The Labute approximate surface area is 92.1 Å². The molecule has 15 heavy (non-hydrogen) atoms. The number of hydrogen-bond acceptors (Lipinski definition) is 1. The van der Waals surface area contributed by atoms with Crippen LogP contribution in [0.25, 0.3) is 0 Å². The molecule has 1 aromatic rings. The molecular weight excluding hydrogens is 184 g/mol. The van der Waals surface area contributed by atoms with Crippen LogP contribution in [0, 0.1) is 5.41 Å². The van der Waals surface area contributed by atoms with Gasteiger partial charge in [0.1, 0.15) is 0 Å². The highest BCUT2D eigenvalue weighted by molar-refractivity contribution is 5.33. The van der Waals surface area contributed by atoms with Gasteiger partial charge in [0, 0.05) is 6.61 Å². The van der Waals surface area contributed by atoms with Crippen molar-refractivity contribution in [1.29, 1.82) is 0 Å². The molecular formula is C14H20O. The number of rotatable bonds is 4. The lowest BCUT2D eigenvalue weighted by Gasteiger charge is -2.23. The average molecular weight is 204 g/mol. The lowest BCUT2D eigenvalue weighted by Crippen LogP contribution is -2.20. The van der Waals surface area contributed by atoms with Crippen LogP contribution >= 0.6 is 0 Å². The Kier molecular flexibility index (Phi) is 2.83. The summed E-state index contributed by atoms with van der Waals surface area (Å²) in [5.74, 6) is 0.802. The van der Waals surface area contributed by atoms with Gasteiger partial charge in [0.05, 0.1) is 0 Å². The van der Waals surface area contributed by atoms with Crippen LogP contribution in [0.4, 0.5) is 0 Å². The number of hydrogen-bond donors (Lipinski definition) is 1. The summed E-state index contributed by atoms with van der Waals surface area (Å²) in [5.41, 5.74) is 2.95. The predicted molar refractivity (Wildman–Crippen MR) is 63.0 cm³/mol. The van der Waals surface area contributed by atoms with Crippen LogP contribution in [-0.2, 0) is 6.42 Å². The molecule has 0 spiro atoms. The first-order valence-electron chi connectivity index (χ1n) is 5.81. The second kappa shape index (κ2) is 3.97. The number of aliphatic hydroxyl groups is 1. The van der Waals surface area contributed by atoms with Crippen molar-refractivity contribution in [2.45, 2.75) is 39.0 Å². The second-order valence-corrected chi connectivity index (χ2v) is 5.47. The highest BCUT2D eigenvalue weighted by Gasteiger charge is 2.27. The smallest absolute Gasteiger partial charge is 0.0485 e. The van der Waals surface area contributed by atoms with Gasteiger partial charge >= 0.3 is 0 Å². The van der Waals surface area contributed by atoms with Crippen LogP contribution in [0.5, 0.6) is 0 Å². The first-order valence-corrected chi connectivity index (χ1v) is 5.81. The Balaban J connectivity index is 2.20. The first kappa shape index (κ1) is 10.7. The normalized spacial score (nSPS) is 16.7. The third-order valence-electron chi connectivity index (χ3n) is 3.17. The van der Waals surface area contributed by atoms with Crippen LogP contribution in [0.15, 0.2) is 24.3 Å². The SMILES string of the molecule is CC(C)(CO)Cc1ccccc1C1CC1. The van der Waals surface area contributed by atoms with Crippen molar-refractivity contribution in [2.24, 2.45) is 5.41 Å². The van der Waals surface area contributed by atoms with Crippen molar-refractivity contribution in [2.75, 3.05) is 6.61 Å². The van der Waals surface area contributed by atoms with Crippen molar-refractivity contribution in [3.8, 4) is 0 Å². The molecule has 0 radical (unpaired) electrons. The molecule has 1 aliphatic carbocycles. The van der Waals surface area contributed by atoms with E-state index in [1.165, 1.54) is 24.0 Å². The van der Waals surface area contributed by atoms with Crippen LogP contribution in [0.3, 0.4) is 0 Å². The zero-order chi connectivity index (χ0) is 10.9. The summed E-state index contributed by atoms with van der Waals surface area (Å²) in [6.07, 6.45) is 3.67. The third-order valence-corrected chi connectivity index (χ3v) is 3.17. The molecule has 1 aliphatic rings. The summed E-state index contributed by atoms with van der Waals surface area (Å²) in [7, 11) is 0. The van der Waals surface area contributed by atoms with E-state index in [1.807, 2.05) is 0 Å². The van der Waals surface area contributed by atoms with E-state index in [0.29, 0.717) is 0 Å². The average Bonchev–Trinajstić information content (AvgIpc) is 3.02. The van der Waals surface area contributed by atoms with Crippen molar-refractivity contribution >= 4 is 0 Å². The van der Waals surface area contributed by atoms with E-state index in [1.54, 1.807) is 0 Å². The largest absolute Gasteiger partial charge is 0.396 e. The molecule has 1 aromatic carbocycles. The topological polar surface area (TPSA) is 20.2 Å². The number of aliphatic hydroxyl groups excluding tert-OH is 1. The Morgan fingerprint density at radius 2 is 1.93 bits per heavy atom. The Morgan fingerprint density at radius 1 is 1.27 bits per heavy atom. The van der Waals surface area contributed by atoms with E-state index < -0.39 is 0 Å². The molecule has 0 bridgehead atoms. The van der Waals surface area contributed by atoms with Crippen molar-refractivity contribution in [3.05, 3.63) is 35.4 Å². The monoisotopic (exact) mass is 204 g/mol. The lowest BCUT2D eigenvalue weighted by atomic mass is 9.84. The van der Waals surface area contributed by atoms with E-state index >= 15 is 0 Å². The van der Waals surface area contributed by atoms with Gasteiger partial charge in [-0.1, -0.05) is 38.1 Å². The van der Waals surface area contributed by atoms with E-state index in [4.69, 9.17) is 0 Å². The highest BCUT2D eigenvalue weighted by Crippen LogP contribution is 2.42. The molecule has 0 atom stereocenters. The molecule has 0 amide bonds. The summed E-state index contributed by atoms with van der Waals surface area (Å²) in [4.78, 5) is 0. The molecule has 1 N–H and O–H groups in total. The Hall–Kier alpha value is -0.820. The summed E-state index contributed by atoms with van der Waals surface area (Å²) < 4.78 is 0.